The molecule has 3 heteroatoms. The highest BCUT2D eigenvalue weighted by molar-refractivity contribution is 5.03. The highest BCUT2D eigenvalue weighted by Crippen LogP contribution is 2.19. The first kappa shape index (κ1) is 11.6. The summed E-state index contributed by atoms with van der Waals surface area (Å²) < 4.78 is 2.00. The lowest BCUT2D eigenvalue weighted by atomic mass is 10.0. The van der Waals surface area contributed by atoms with Crippen LogP contribution in [-0.4, -0.2) is 22.4 Å². The molecule has 0 aliphatic heterocycles. The van der Waals surface area contributed by atoms with Crippen molar-refractivity contribution in [3.8, 4) is 0 Å². The smallest absolute Gasteiger partial charge is 0.0521 e. The molecule has 1 unspecified atom stereocenters. The Hall–Kier alpha value is -0.830. The Morgan fingerprint density at radius 3 is 3.00 bits per heavy atom. The fraction of sp³-hybridized carbons (Fsp3) is 0.769. The van der Waals surface area contributed by atoms with Crippen LogP contribution in [-0.2, 0) is 13.0 Å². The molecule has 90 valence electrons. The molecule has 1 fully saturated rings. The minimum absolute atomic E-state index is 0.769. The fourth-order valence-electron chi connectivity index (χ4n) is 1.88. The number of nitrogens with one attached hydrogen (secondary N) is 1. The van der Waals surface area contributed by atoms with Crippen molar-refractivity contribution in [3.05, 3.63) is 18.0 Å². The average molecular weight is 221 g/mol. The molecule has 1 N–H and O–H groups in total. The van der Waals surface area contributed by atoms with Crippen LogP contribution in [0.2, 0.25) is 0 Å². The first-order valence-corrected chi connectivity index (χ1v) is 6.52. The van der Waals surface area contributed by atoms with Crippen molar-refractivity contribution in [2.24, 2.45) is 5.92 Å². The van der Waals surface area contributed by atoms with Gasteiger partial charge in [0.25, 0.3) is 0 Å². The second-order valence-electron chi connectivity index (χ2n) is 5.03. The topological polar surface area (TPSA) is 29.9 Å². The standard InChI is InChI=1S/C13H23N3/c1-3-16-10-12(9-15-16)5-4-11(2)8-14-13-6-7-13/h9-11,13-14H,3-8H2,1-2H3. The van der Waals surface area contributed by atoms with Gasteiger partial charge in [0.15, 0.2) is 0 Å². The van der Waals surface area contributed by atoms with Gasteiger partial charge in [-0.2, -0.15) is 5.10 Å². The Labute approximate surface area is 98.2 Å². The summed E-state index contributed by atoms with van der Waals surface area (Å²) >= 11 is 0. The van der Waals surface area contributed by atoms with E-state index in [9.17, 15) is 0 Å². The summed E-state index contributed by atoms with van der Waals surface area (Å²) in [5.74, 6) is 0.769. The lowest BCUT2D eigenvalue weighted by Crippen LogP contribution is -2.23. The Morgan fingerprint density at radius 2 is 2.38 bits per heavy atom. The van der Waals surface area contributed by atoms with Gasteiger partial charge in [0, 0.05) is 18.8 Å². The molecular weight excluding hydrogens is 198 g/mol. The Morgan fingerprint density at radius 1 is 1.56 bits per heavy atom. The zero-order valence-corrected chi connectivity index (χ0v) is 10.4. The van der Waals surface area contributed by atoms with Crippen LogP contribution in [0.4, 0.5) is 0 Å². The number of hydrogen-bond acceptors (Lipinski definition) is 2. The predicted molar refractivity (Wildman–Crippen MR) is 66.4 cm³/mol. The van der Waals surface area contributed by atoms with E-state index in [2.05, 4.69) is 30.5 Å². The van der Waals surface area contributed by atoms with E-state index >= 15 is 0 Å². The molecule has 1 aliphatic carbocycles. The van der Waals surface area contributed by atoms with Gasteiger partial charge in [-0.25, -0.2) is 0 Å². The molecule has 0 spiro atoms. The summed E-state index contributed by atoms with van der Waals surface area (Å²) in [5, 5.41) is 7.89. The Balaban J connectivity index is 1.64. The largest absolute Gasteiger partial charge is 0.314 e. The SMILES string of the molecule is CCn1cc(CCC(C)CNC2CC2)cn1. The molecule has 16 heavy (non-hydrogen) atoms. The average Bonchev–Trinajstić information content (AvgIpc) is 3.01. The van der Waals surface area contributed by atoms with E-state index < -0.39 is 0 Å². The van der Waals surface area contributed by atoms with E-state index in [1.54, 1.807) is 0 Å². The highest BCUT2D eigenvalue weighted by Gasteiger charge is 2.20. The van der Waals surface area contributed by atoms with E-state index in [-0.39, 0.29) is 0 Å². The first-order chi connectivity index (χ1) is 7.78. The predicted octanol–water partition coefficient (Wildman–Crippen LogP) is 2.22. The van der Waals surface area contributed by atoms with Crippen LogP contribution < -0.4 is 5.32 Å². The van der Waals surface area contributed by atoms with Crippen LogP contribution in [0.1, 0.15) is 38.7 Å². The van der Waals surface area contributed by atoms with Crippen molar-refractivity contribution in [2.45, 2.75) is 52.1 Å². The van der Waals surface area contributed by atoms with Crippen LogP contribution in [0, 0.1) is 5.92 Å². The van der Waals surface area contributed by atoms with E-state index in [1.165, 1.54) is 31.4 Å². The van der Waals surface area contributed by atoms with Crippen molar-refractivity contribution in [1.29, 1.82) is 0 Å². The van der Waals surface area contributed by atoms with Gasteiger partial charge in [-0.3, -0.25) is 4.68 Å². The number of nitrogens with zero attached hydrogens (tertiary/aromatic N) is 2. The van der Waals surface area contributed by atoms with Crippen LogP contribution >= 0.6 is 0 Å². The quantitative estimate of drug-likeness (QED) is 0.765. The molecule has 0 radical (unpaired) electrons. The molecule has 0 saturated heterocycles. The van der Waals surface area contributed by atoms with Crippen LogP contribution in [0.15, 0.2) is 12.4 Å². The third kappa shape index (κ3) is 3.63. The molecule has 0 aromatic carbocycles. The van der Waals surface area contributed by atoms with Crippen molar-refractivity contribution >= 4 is 0 Å². The maximum absolute atomic E-state index is 4.30. The Kier molecular flexibility index (Phi) is 3.99. The molecule has 0 amide bonds. The second-order valence-corrected chi connectivity index (χ2v) is 5.03. The fourth-order valence-corrected chi connectivity index (χ4v) is 1.88. The monoisotopic (exact) mass is 221 g/mol. The molecule has 1 aliphatic rings. The highest BCUT2D eigenvalue weighted by atomic mass is 15.3. The van der Waals surface area contributed by atoms with Gasteiger partial charge < -0.3 is 5.32 Å². The minimum atomic E-state index is 0.769. The van der Waals surface area contributed by atoms with Gasteiger partial charge in [0.2, 0.25) is 0 Å². The zero-order chi connectivity index (χ0) is 11.4. The number of aromatic nitrogens is 2. The van der Waals surface area contributed by atoms with Gasteiger partial charge in [-0.1, -0.05) is 6.92 Å². The molecule has 1 aromatic rings. The van der Waals surface area contributed by atoms with Crippen LogP contribution in [0.25, 0.3) is 0 Å². The van der Waals surface area contributed by atoms with Gasteiger partial charge in [0.1, 0.15) is 0 Å². The first-order valence-electron chi connectivity index (χ1n) is 6.52. The summed E-state index contributed by atoms with van der Waals surface area (Å²) in [6.45, 7) is 6.60. The maximum atomic E-state index is 4.30. The lowest BCUT2D eigenvalue weighted by molar-refractivity contribution is 0.479. The summed E-state index contributed by atoms with van der Waals surface area (Å²) in [7, 11) is 0. The van der Waals surface area contributed by atoms with Crippen LogP contribution in [0.5, 0.6) is 0 Å². The second kappa shape index (κ2) is 5.48. The van der Waals surface area contributed by atoms with Crippen molar-refractivity contribution in [1.82, 2.24) is 15.1 Å². The summed E-state index contributed by atoms with van der Waals surface area (Å²) in [6.07, 6.45) is 9.36. The van der Waals surface area contributed by atoms with Crippen molar-refractivity contribution in [2.75, 3.05) is 6.54 Å². The minimum Gasteiger partial charge on any atom is -0.314 e. The van der Waals surface area contributed by atoms with Crippen molar-refractivity contribution < 1.29 is 0 Å². The number of aryl methyl sites for hydroxylation is 2. The normalized spacial score (nSPS) is 17.6. The molecule has 1 saturated carbocycles. The van der Waals surface area contributed by atoms with E-state index in [0.717, 1.165) is 24.9 Å². The van der Waals surface area contributed by atoms with Crippen molar-refractivity contribution in [3.63, 3.8) is 0 Å². The van der Waals surface area contributed by atoms with Crippen LogP contribution in [0.3, 0.4) is 0 Å². The molecular formula is C13H23N3. The molecule has 1 atom stereocenters. The van der Waals surface area contributed by atoms with Gasteiger partial charge in [-0.15, -0.1) is 0 Å². The van der Waals surface area contributed by atoms with E-state index in [0.29, 0.717) is 0 Å². The summed E-state index contributed by atoms with van der Waals surface area (Å²) in [6, 6.07) is 0.838. The molecule has 1 heterocycles. The third-order valence-electron chi connectivity index (χ3n) is 3.27. The Bertz CT molecular complexity index is 315. The number of rotatable bonds is 7. The molecule has 3 nitrogen and oxygen atoms in total. The third-order valence-corrected chi connectivity index (χ3v) is 3.27. The van der Waals surface area contributed by atoms with Gasteiger partial charge in [0.05, 0.1) is 6.20 Å². The maximum Gasteiger partial charge on any atom is 0.0521 e. The van der Waals surface area contributed by atoms with E-state index in [1.807, 2.05) is 10.9 Å². The zero-order valence-electron chi connectivity index (χ0n) is 10.4. The van der Waals surface area contributed by atoms with Gasteiger partial charge in [-0.05, 0) is 50.6 Å². The summed E-state index contributed by atoms with van der Waals surface area (Å²) in [5.41, 5.74) is 1.38. The molecule has 1 aromatic heterocycles. The molecule has 2 rings (SSSR count). The summed E-state index contributed by atoms with van der Waals surface area (Å²) in [4.78, 5) is 0. The van der Waals surface area contributed by atoms with E-state index in [4.69, 9.17) is 0 Å². The molecule has 0 bridgehead atoms. The van der Waals surface area contributed by atoms with Gasteiger partial charge >= 0.3 is 0 Å². The number of hydrogen-bond donors (Lipinski definition) is 1. The lowest BCUT2D eigenvalue weighted by Gasteiger charge is -2.11.